The molecule has 6 rings (SSSR count). The number of halogens is 3. The van der Waals surface area contributed by atoms with Crippen LogP contribution in [0.25, 0.3) is 0 Å². The van der Waals surface area contributed by atoms with Gasteiger partial charge in [0.2, 0.25) is 0 Å². The molecule has 4 bridgehead atoms. The van der Waals surface area contributed by atoms with Crippen LogP contribution in [-0.2, 0) is 27.4 Å². The lowest BCUT2D eigenvalue weighted by Crippen LogP contribution is -2.60. The SMILES string of the molecule is CC(C)(C)OC(=O)N1[C@@H]2CC[C@H]1[C@@H](F)[C@@H](NC(=O)OCc1ccccc1)C2.Cl.O=C(N[C@H]1C[C@H]2CC[C@H](N2)[C@H]1F)OCc1ccccc1. The molecular formula is C35H47ClF2N4O6. The molecule has 48 heavy (non-hydrogen) atoms. The van der Waals surface area contributed by atoms with Crippen molar-refractivity contribution in [2.24, 2.45) is 0 Å². The Kier molecular flexibility index (Phi) is 12.9. The first-order valence-electron chi connectivity index (χ1n) is 16.5. The van der Waals surface area contributed by atoms with Crippen molar-refractivity contribution in [2.75, 3.05) is 0 Å². The van der Waals surface area contributed by atoms with Gasteiger partial charge in [0, 0.05) is 18.1 Å². The molecule has 2 aromatic carbocycles. The normalized spacial score (nSPS) is 28.6. The number of nitrogens with zero attached hydrogens (tertiary/aromatic N) is 1. The van der Waals surface area contributed by atoms with E-state index in [1.165, 1.54) is 4.90 Å². The van der Waals surface area contributed by atoms with E-state index in [0.717, 1.165) is 24.0 Å². The van der Waals surface area contributed by atoms with Crippen LogP contribution in [0, 0.1) is 0 Å². The standard InChI is InChI=1S/C20H27FN2O4.C15H19FN2O2.ClH/c1-20(2,3)27-19(25)23-14-9-10-16(23)17(21)15(11-14)22-18(24)26-12-13-7-5-4-6-8-13;16-14-12-7-6-11(17-12)8-13(14)18-15(19)20-9-10-4-2-1-3-5-10;/h4-8,14-17H,9-12H2,1-3H3,(H,22,24);1-5,11-14,17H,6-9H2,(H,18,19);1H/t14-,15+,16+,17+;11-,12+,13+,14-;/m11./s1. The third-order valence-electron chi connectivity index (χ3n) is 9.04. The summed E-state index contributed by atoms with van der Waals surface area (Å²) in [5.41, 5.74) is 1.16. The average Bonchev–Trinajstić information content (AvgIpc) is 3.62. The van der Waals surface area contributed by atoms with Crippen LogP contribution >= 0.6 is 12.4 Å². The number of carbonyl (C=O) groups excluding carboxylic acids is 3. The highest BCUT2D eigenvalue weighted by Crippen LogP contribution is 2.38. The maximum Gasteiger partial charge on any atom is 0.410 e. The van der Waals surface area contributed by atoms with Crippen LogP contribution in [0.1, 0.15) is 70.4 Å². The predicted molar refractivity (Wildman–Crippen MR) is 178 cm³/mol. The number of piperidine rings is 2. The number of rotatable bonds is 6. The van der Waals surface area contributed by atoms with Crippen molar-refractivity contribution >= 4 is 30.7 Å². The molecule has 4 aliphatic rings. The van der Waals surface area contributed by atoms with E-state index in [9.17, 15) is 23.2 Å². The molecular weight excluding hydrogens is 646 g/mol. The van der Waals surface area contributed by atoms with Crippen molar-refractivity contribution in [3.63, 3.8) is 0 Å². The number of hydrogen-bond donors (Lipinski definition) is 3. The number of benzene rings is 2. The van der Waals surface area contributed by atoms with E-state index >= 15 is 0 Å². The van der Waals surface area contributed by atoms with Gasteiger partial charge in [-0.1, -0.05) is 60.7 Å². The minimum absolute atomic E-state index is 0. The Hall–Kier alpha value is -3.64. The second kappa shape index (κ2) is 16.6. The van der Waals surface area contributed by atoms with Gasteiger partial charge in [-0.2, -0.15) is 0 Å². The van der Waals surface area contributed by atoms with E-state index < -0.39 is 54.3 Å². The Morgan fingerprint density at radius 1 is 0.792 bits per heavy atom. The first-order chi connectivity index (χ1) is 22.5. The first kappa shape index (κ1) is 37.2. The number of alkyl halides is 2. The highest BCUT2D eigenvalue weighted by Gasteiger charge is 2.51. The molecule has 4 aliphatic heterocycles. The van der Waals surface area contributed by atoms with Crippen LogP contribution in [0.15, 0.2) is 60.7 Å². The topological polar surface area (TPSA) is 118 Å². The molecule has 13 heteroatoms. The Morgan fingerprint density at radius 3 is 1.88 bits per heavy atom. The van der Waals surface area contributed by atoms with Crippen LogP contribution in [0.2, 0.25) is 0 Å². The molecule has 3 amide bonds. The molecule has 4 heterocycles. The maximum absolute atomic E-state index is 15.0. The lowest BCUT2D eigenvalue weighted by molar-refractivity contribution is -0.0133. The van der Waals surface area contributed by atoms with E-state index in [1.54, 1.807) is 20.8 Å². The van der Waals surface area contributed by atoms with Crippen molar-refractivity contribution < 1.29 is 37.4 Å². The average molecular weight is 693 g/mol. The summed E-state index contributed by atoms with van der Waals surface area (Å²) in [5, 5.41) is 8.53. The molecule has 0 aliphatic carbocycles. The van der Waals surface area contributed by atoms with Gasteiger partial charge in [0.1, 0.15) is 31.2 Å². The number of fused-ring (bicyclic) bond motifs is 4. The maximum atomic E-state index is 15.0. The Balaban J connectivity index is 0.000000221. The number of hydrogen-bond acceptors (Lipinski definition) is 7. The van der Waals surface area contributed by atoms with Crippen LogP contribution < -0.4 is 16.0 Å². The highest BCUT2D eigenvalue weighted by molar-refractivity contribution is 5.85. The molecule has 0 unspecified atom stereocenters. The summed E-state index contributed by atoms with van der Waals surface area (Å²) in [4.78, 5) is 37.8. The second-order valence-electron chi connectivity index (χ2n) is 13.7. The first-order valence-corrected chi connectivity index (χ1v) is 16.5. The zero-order valence-corrected chi connectivity index (χ0v) is 28.4. The van der Waals surface area contributed by atoms with Crippen molar-refractivity contribution in [2.45, 2.75) is 127 Å². The molecule has 0 aromatic heterocycles. The van der Waals surface area contributed by atoms with E-state index in [0.29, 0.717) is 31.7 Å². The Bertz CT molecular complexity index is 1350. The number of ether oxygens (including phenoxy) is 3. The van der Waals surface area contributed by atoms with E-state index in [1.807, 2.05) is 60.7 Å². The summed E-state index contributed by atoms with van der Waals surface area (Å²) in [7, 11) is 0. The number of alkyl carbamates (subject to hydrolysis) is 2. The summed E-state index contributed by atoms with van der Waals surface area (Å²) in [6.45, 7) is 5.71. The minimum atomic E-state index is -1.35. The molecule has 0 saturated carbocycles. The number of carbonyl (C=O) groups is 3. The van der Waals surface area contributed by atoms with E-state index in [-0.39, 0.29) is 37.7 Å². The largest absolute Gasteiger partial charge is 0.445 e. The number of nitrogens with one attached hydrogen (secondary N) is 3. The summed E-state index contributed by atoms with van der Waals surface area (Å²) < 4.78 is 44.9. The highest BCUT2D eigenvalue weighted by atomic mass is 35.5. The smallest absolute Gasteiger partial charge is 0.410 e. The fourth-order valence-electron chi connectivity index (χ4n) is 6.86. The second-order valence-corrected chi connectivity index (χ2v) is 13.7. The lowest BCUT2D eigenvalue weighted by Gasteiger charge is -2.41. The van der Waals surface area contributed by atoms with Gasteiger partial charge in [-0.3, -0.25) is 4.90 Å². The molecule has 10 nitrogen and oxygen atoms in total. The fourth-order valence-corrected chi connectivity index (χ4v) is 6.86. The molecule has 0 radical (unpaired) electrons. The van der Waals surface area contributed by atoms with Crippen LogP contribution in [0.4, 0.5) is 23.2 Å². The summed E-state index contributed by atoms with van der Waals surface area (Å²) in [6.07, 6.45) is 0.0748. The molecule has 0 spiro atoms. The van der Waals surface area contributed by atoms with E-state index in [4.69, 9.17) is 14.2 Å². The molecule has 264 valence electrons. The zero-order chi connectivity index (χ0) is 33.6. The minimum Gasteiger partial charge on any atom is -0.445 e. The monoisotopic (exact) mass is 692 g/mol. The molecule has 4 fully saturated rings. The van der Waals surface area contributed by atoms with Gasteiger partial charge in [-0.05, 0) is 70.4 Å². The summed E-state index contributed by atoms with van der Waals surface area (Å²) in [6, 6.07) is 17.2. The van der Waals surface area contributed by atoms with Gasteiger partial charge in [-0.25, -0.2) is 23.2 Å². The van der Waals surface area contributed by atoms with Gasteiger partial charge in [0.15, 0.2) is 0 Å². The van der Waals surface area contributed by atoms with Gasteiger partial charge in [-0.15, -0.1) is 12.4 Å². The Labute approximate surface area is 287 Å². The van der Waals surface area contributed by atoms with Crippen LogP contribution in [-0.4, -0.2) is 77.4 Å². The van der Waals surface area contributed by atoms with Gasteiger partial charge in [0.25, 0.3) is 0 Å². The third-order valence-corrected chi connectivity index (χ3v) is 9.04. The van der Waals surface area contributed by atoms with E-state index in [2.05, 4.69) is 16.0 Å². The predicted octanol–water partition coefficient (Wildman–Crippen LogP) is 6.36. The number of amides is 3. The van der Waals surface area contributed by atoms with Gasteiger partial charge < -0.3 is 30.2 Å². The Morgan fingerprint density at radius 2 is 1.33 bits per heavy atom. The van der Waals surface area contributed by atoms with Crippen molar-refractivity contribution in [3.8, 4) is 0 Å². The zero-order valence-electron chi connectivity index (χ0n) is 27.6. The summed E-state index contributed by atoms with van der Waals surface area (Å²) in [5.74, 6) is 0. The van der Waals surface area contributed by atoms with Crippen molar-refractivity contribution in [3.05, 3.63) is 71.8 Å². The van der Waals surface area contributed by atoms with Gasteiger partial charge in [0.05, 0.1) is 18.1 Å². The molecule has 3 N–H and O–H groups in total. The quantitative estimate of drug-likeness (QED) is 0.302. The van der Waals surface area contributed by atoms with Crippen molar-refractivity contribution in [1.82, 2.24) is 20.9 Å². The van der Waals surface area contributed by atoms with Crippen LogP contribution in [0.5, 0.6) is 0 Å². The van der Waals surface area contributed by atoms with Gasteiger partial charge >= 0.3 is 18.3 Å². The third kappa shape index (κ3) is 9.95. The molecule has 8 atom stereocenters. The molecule has 2 aromatic rings. The van der Waals surface area contributed by atoms with Crippen LogP contribution in [0.3, 0.4) is 0 Å². The van der Waals surface area contributed by atoms with Crippen molar-refractivity contribution in [1.29, 1.82) is 0 Å². The lowest BCUT2D eigenvalue weighted by atomic mass is 9.96. The fraction of sp³-hybridized carbons (Fsp3) is 0.571. The molecule has 4 saturated heterocycles. The summed E-state index contributed by atoms with van der Waals surface area (Å²) >= 11 is 0.